The fraction of sp³-hybridized carbons (Fsp3) is 0.176. The lowest BCUT2D eigenvalue weighted by Crippen LogP contribution is -2.24. The van der Waals surface area contributed by atoms with E-state index in [0.29, 0.717) is 13.0 Å². The fourth-order valence-electron chi connectivity index (χ4n) is 2.41. The molecule has 0 spiro atoms. The van der Waals surface area contributed by atoms with Gasteiger partial charge in [-0.15, -0.1) is 0 Å². The van der Waals surface area contributed by atoms with Crippen LogP contribution in [0.2, 0.25) is 0 Å². The molecule has 1 saturated heterocycles. The first-order chi connectivity index (χ1) is 10.3. The zero-order chi connectivity index (χ0) is 14.7. The van der Waals surface area contributed by atoms with Crippen molar-refractivity contribution in [2.24, 2.45) is 5.92 Å². The first-order valence-electron chi connectivity index (χ1n) is 6.80. The van der Waals surface area contributed by atoms with Gasteiger partial charge < -0.3 is 4.90 Å². The van der Waals surface area contributed by atoms with Crippen molar-refractivity contribution in [1.82, 2.24) is 0 Å². The second kappa shape index (κ2) is 6.02. The van der Waals surface area contributed by atoms with Crippen LogP contribution >= 0.6 is 11.8 Å². The van der Waals surface area contributed by atoms with E-state index in [1.54, 1.807) is 16.7 Å². The van der Waals surface area contributed by atoms with E-state index in [0.717, 1.165) is 15.5 Å². The molecular weight excluding hydrogens is 280 g/mol. The highest BCUT2D eigenvalue weighted by molar-refractivity contribution is 7.99. The molecule has 21 heavy (non-hydrogen) atoms. The van der Waals surface area contributed by atoms with Crippen LogP contribution in [0, 0.1) is 17.2 Å². The van der Waals surface area contributed by atoms with Gasteiger partial charge in [-0.3, -0.25) is 4.79 Å². The predicted octanol–water partition coefficient (Wildman–Crippen LogP) is 3.71. The minimum atomic E-state index is -0.202. The summed E-state index contributed by atoms with van der Waals surface area (Å²) in [6, 6.07) is 20.1. The van der Waals surface area contributed by atoms with Gasteiger partial charge in [-0.2, -0.15) is 5.26 Å². The largest absolute Gasteiger partial charge is 0.310 e. The fourth-order valence-corrected chi connectivity index (χ4v) is 3.39. The molecule has 3 nitrogen and oxygen atoms in total. The molecule has 1 amide bonds. The lowest BCUT2D eigenvalue weighted by Gasteiger charge is -2.19. The highest BCUT2D eigenvalue weighted by atomic mass is 32.2. The molecule has 0 radical (unpaired) electrons. The van der Waals surface area contributed by atoms with Crippen molar-refractivity contribution in [3.63, 3.8) is 0 Å². The number of nitrogens with zero attached hydrogens (tertiary/aromatic N) is 2. The Labute approximate surface area is 128 Å². The molecule has 1 unspecified atom stereocenters. The highest BCUT2D eigenvalue weighted by Gasteiger charge is 2.31. The van der Waals surface area contributed by atoms with Gasteiger partial charge in [-0.1, -0.05) is 42.1 Å². The van der Waals surface area contributed by atoms with Crippen LogP contribution in [0.25, 0.3) is 0 Å². The number of anilines is 1. The van der Waals surface area contributed by atoms with Gasteiger partial charge in [0, 0.05) is 22.8 Å². The quantitative estimate of drug-likeness (QED) is 0.866. The van der Waals surface area contributed by atoms with E-state index in [4.69, 9.17) is 5.26 Å². The van der Waals surface area contributed by atoms with Gasteiger partial charge in [0.05, 0.1) is 17.7 Å². The number of hydrogen-bond donors (Lipinski definition) is 0. The van der Waals surface area contributed by atoms with Gasteiger partial charge in [0.15, 0.2) is 0 Å². The van der Waals surface area contributed by atoms with E-state index >= 15 is 0 Å². The Bertz CT molecular complexity index is 693. The average molecular weight is 294 g/mol. The van der Waals surface area contributed by atoms with Crippen LogP contribution in [0.15, 0.2) is 64.4 Å². The summed E-state index contributed by atoms with van der Waals surface area (Å²) in [5.41, 5.74) is 0.897. The predicted molar refractivity (Wildman–Crippen MR) is 83.1 cm³/mol. The summed E-state index contributed by atoms with van der Waals surface area (Å²) in [6.07, 6.45) is 0.320. The monoisotopic (exact) mass is 294 g/mol. The number of carbonyl (C=O) groups excluding carboxylic acids is 1. The molecule has 4 heteroatoms. The lowest BCUT2D eigenvalue weighted by molar-refractivity contribution is -0.117. The molecule has 0 saturated carbocycles. The Balaban J connectivity index is 1.90. The maximum Gasteiger partial charge on any atom is 0.228 e. The Morgan fingerprint density at radius 1 is 1.10 bits per heavy atom. The van der Waals surface area contributed by atoms with Gasteiger partial charge in [-0.05, 0) is 24.3 Å². The molecule has 0 aliphatic carbocycles. The first-order valence-corrected chi connectivity index (χ1v) is 7.61. The van der Waals surface area contributed by atoms with Gasteiger partial charge in [0.25, 0.3) is 0 Å². The number of hydrogen-bond acceptors (Lipinski definition) is 3. The molecule has 2 aromatic carbocycles. The summed E-state index contributed by atoms with van der Waals surface area (Å²) < 4.78 is 0. The minimum absolute atomic E-state index is 0.0302. The van der Waals surface area contributed by atoms with Crippen LogP contribution in [0.4, 0.5) is 5.69 Å². The average Bonchev–Trinajstić information content (AvgIpc) is 2.90. The smallest absolute Gasteiger partial charge is 0.228 e. The number of nitriles is 1. The van der Waals surface area contributed by atoms with Crippen LogP contribution in [-0.4, -0.2) is 12.5 Å². The number of benzene rings is 2. The molecule has 1 aliphatic heterocycles. The molecule has 0 aromatic heterocycles. The van der Waals surface area contributed by atoms with E-state index in [1.165, 1.54) is 0 Å². The zero-order valence-electron chi connectivity index (χ0n) is 11.4. The normalized spacial score (nSPS) is 17.8. The summed E-state index contributed by atoms with van der Waals surface area (Å²) in [4.78, 5) is 16.0. The maximum atomic E-state index is 12.1. The first kappa shape index (κ1) is 13.7. The van der Waals surface area contributed by atoms with Gasteiger partial charge in [-0.25, -0.2) is 0 Å². The summed E-state index contributed by atoms with van der Waals surface area (Å²) >= 11 is 1.64. The standard InChI is InChI=1S/C17H14N2OS/c18-11-13-10-17(20)19(12-13)15-8-4-5-9-16(15)21-14-6-2-1-3-7-14/h1-9,13H,10,12H2. The molecular formula is C17H14N2OS. The topological polar surface area (TPSA) is 44.1 Å². The Morgan fingerprint density at radius 3 is 2.52 bits per heavy atom. The van der Waals surface area contributed by atoms with Crippen molar-refractivity contribution in [1.29, 1.82) is 5.26 Å². The second-order valence-corrected chi connectivity index (χ2v) is 6.03. The molecule has 1 fully saturated rings. The second-order valence-electron chi connectivity index (χ2n) is 4.92. The van der Waals surface area contributed by atoms with Crippen molar-refractivity contribution in [2.45, 2.75) is 16.2 Å². The number of rotatable bonds is 3. The van der Waals surface area contributed by atoms with E-state index in [1.807, 2.05) is 54.6 Å². The Morgan fingerprint density at radius 2 is 1.81 bits per heavy atom. The molecule has 104 valence electrons. The van der Waals surface area contributed by atoms with E-state index in [9.17, 15) is 4.79 Å². The lowest BCUT2D eigenvalue weighted by atomic mass is 10.1. The molecule has 0 bridgehead atoms. The van der Waals surface area contributed by atoms with Crippen molar-refractivity contribution in [3.05, 3.63) is 54.6 Å². The molecule has 1 atom stereocenters. The van der Waals surface area contributed by atoms with Crippen LogP contribution in [0.5, 0.6) is 0 Å². The Hall–Kier alpha value is -2.25. The summed E-state index contributed by atoms with van der Waals surface area (Å²) in [5, 5.41) is 9.02. The van der Waals surface area contributed by atoms with Crippen molar-refractivity contribution >= 4 is 23.4 Å². The van der Waals surface area contributed by atoms with Gasteiger partial charge in [0.2, 0.25) is 5.91 Å². The summed E-state index contributed by atoms with van der Waals surface area (Å²) in [7, 11) is 0. The number of amides is 1. The molecule has 2 aromatic rings. The SMILES string of the molecule is N#CC1CC(=O)N(c2ccccc2Sc2ccccc2)C1. The third-order valence-electron chi connectivity index (χ3n) is 3.43. The summed E-state index contributed by atoms with van der Waals surface area (Å²) in [6.45, 7) is 0.488. The zero-order valence-corrected chi connectivity index (χ0v) is 12.2. The van der Waals surface area contributed by atoms with E-state index in [-0.39, 0.29) is 11.8 Å². The van der Waals surface area contributed by atoms with Gasteiger partial charge >= 0.3 is 0 Å². The molecule has 3 rings (SSSR count). The third-order valence-corrected chi connectivity index (χ3v) is 4.51. The third kappa shape index (κ3) is 2.93. The maximum absolute atomic E-state index is 12.1. The molecule has 0 N–H and O–H groups in total. The highest BCUT2D eigenvalue weighted by Crippen LogP contribution is 2.37. The molecule has 1 aliphatic rings. The van der Waals surface area contributed by atoms with Crippen molar-refractivity contribution in [3.8, 4) is 6.07 Å². The van der Waals surface area contributed by atoms with E-state index in [2.05, 4.69) is 6.07 Å². The van der Waals surface area contributed by atoms with Crippen LogP contribution in [0.1, 0.15) is 6.42 Å². The molecule has 1 heterocycles. The van der Waals surface area contributed by atoms with Crippen LogP contribution < -0.4 is 4.90 Å². The van der Waals surface area contributed by atoms with Gasteiger partial charge in [0.1, 0.15) is 0 Å². The minimum Gasteiger partial charge on any atom is -0.310 e. The van der Waals surface area contributed by atoms with E-state index < -0.39 is 0 Å². The van der Waals surface area contributed by atoms with Crippen molar-refractivity contribution < 1.29 is 4.79 Å². The van der Waals surface area contributed by atoms with Crippen LogP contribution in [0.3, 0.4) is 0 Å². The summed E-state index contributed by atoms with van der Waals surface area (Å²) in [5.74, 6) is -0.171. The van der Waals surface area contributed by atoms with Crippen LogP contribution in [-0.2, 0) is 4.79 Å². The Kier molecular flexibility index (Phi) is 3.94. The number of carbonyl (C=O) groups is 1. The van der Waals surface area contributed by atoms with Crippen molar-refractivity contribution in [2.75, 3.05) is 11.4 Å². The number of para-hydroxylation sites is 1.